The number of nitro benzene ring substituents is 1. The lowest BCUT2D eigenvalue weighted by atomic mass is 10.1. The van der Waals surface area contributed by atoms with Gasteiger partial charge in [-0.15, -0.1) is 0 Å². The predicted octanol–water partition coefficient (Wildman–Crippen LogP) is 2.29. The second kappa shape index (κ2) is 6.34. The van der Waals surface area contributed by atoms with E-state index < -0.39 is 34.4 Å². The molecule has 1 heterocycles. The van der Waals surface area contributed by atoms with Crippen molar-refractivity contribution in [1.82, 2.24) is 4.90 Å². The van der Waals surface area contributed by atoms with Crippen LogP contribution in [0.4, 0.5) is 10.5 Å². The van der Waals surface area contributed by atoms with Crippen molar-refractivity contribution in [1.29, 1.82) is 0 Å². The van der Waals surface area contributed by atoms with E-state index in [1.54, 1.807) is 20.8 Å². The highest BCUT2D eigenvalue weighted by Gasteiger charge is 2.36. The molecular weight excluding hydrogens is 320 g/mol. The molecule has 0 saturated carbocycles. The van der Waals surface area contributed by atoms with Crippen molar-refractivity contribution >= 4 is 17.7 Å². The summed E-state index contributed by atoms with van der Waals surface area (Å²) >= 11 is 0. The summed E-state index contributed by atoms with van der Waals surface area (Å²) in [6.07, 6.45) is -0.884. The fourth-order valence-corrected chi connectivity index (χ4v) is 2.06. The second-order valence-electron chi connectivity index (χ2n) is 6.37. The molecule has 9 heteroatoms. The third-order valence-corrected chi connectivity index (χ3v) is 3.20. The number of hydrogen-bond acceptors (Lipinski definition) is 6. The minimum atomic E-state index is -1.26. The highest BCUT2D eigenvalue weighted by Crippen LogP contribution is 2.30. The minimum Gasteiger partial charge on any atom is -0.480 e. The van der Waals surface area contributed by atoms with E-state index in [9.17, 15) is 19.7 Å². The molecule has 1 amide bonds. The Labute approximate surface area is 137 Å². The molecule has 0 spiro atoms. The smallest absolute Gasteiger partial charge is 0.410 e. The fourth-order valence-electron chi connectivity index (χ4n) is 2.06. The van der Waals surface area contributed by atoms with E-state index in [1.807, 2.05) is 0 Å². The van der Waals surface area contributed by atoms with Crippen molar-refractivity contribution in [2.45, 2.75) is 32.5 Å². The summed E-state index contributed by atoms with van der Waals surface area (Å²) in [7, 11) is 0. The van der Waals surface area contributed by atoms with Crippen molar-refractivity contribution in [3.05, 3.63) is 33.9 Å². The predicted molar refractivity (Wildman–Crippen MR) is 82.3 cm³/mol. The normalized spacial score (nSPS) is 14.7. The van der Waals surface area contributed by atoms with Crippen LogP contribution in [0.3, 0.4) is 0 Å². The van der Waals surface area contributed by atoms with Gasteiger partial charge in [0, 0.05) is 6.07 Å². The van der Waals surface area contributed by atoms with Crippen LogP contribution in [0.25, 0.3) is 0 Å². The standard InChI is InChI=1S/C15H18N2O7/c1-15(2,3)24-14(20)16-7-10(8-16)23-12-5-4-9(13(18)19)6-11(12)17(21)22/h4-6,10H,7-8H2,1-3H3,(H,18,19). The lowest BCUT2D eigenvalue weighted by Gasteiger charge is -2.39. The fraction of sp³-hybridized carbons (Fsp3) is 0.467. The summed E-state index contributed by atoms with van der Waals surface area (Å²) in [6.45, 7) is 5.75. The number of carboxylic acids is 1. The molecule has 24 heavy (non-hydrogen) atoms. The van der Waals surface area contributed by atoms with Crippen molar-refractivity contribution < 1.29 is 29.1 Å². The molecule has 2 rings (SSSR count). The number of rotatable bonds is 4. The SMILES string of the molecule is CC(C)(C)OC(=O)N1CC(Oc2ccc(C(=O)O)cc2[N+](=O)[O-])C1. The molecule has 0 radical (unpaired) electrons. The highest BCUT2D eigenvalue weighted by atomic mass is 16.6. The Morgan fingerprint density at radius 3 is 2.46 bits per heavy atom. The third kappa shape index (κ3) is 4.12. The first-order valence-corrected chi connectivity index (χ1v) is 7.23. The Balaban J connectivity index is 2.00. The molecule has 1 saturated heterocycles. The molecule has 0 bridgehead atoms. The number of carboxylic acid groups (broad SMARTS) is 1. The highest BCUT2D eigenvalue weighted by molar-refractivity contribution is 5.88. The molecule has 1 aliphatic rings. The molecular formula is C15H18N2O7. The number of nitrogens with zero attached hydrogens (tertiary/aromatic N) is 2. The topological polar surface area (TPSA) is 119 Å². The van der Waals surface area contributed by atoms with Crippen molar-refractivity contribution in [2.75, 3.05) is 13.1 Å². The number of likely N-dealkylation sites (tertiary alicyclic amines) is 1. The van der Waals surface area contributed by atoms with Gasteiger partial charge in [-0.2, -0.15) is 0 Å². The first-order valence-electron chi connectivity index (χ1n) is 7.23. The maximum Gasteiger partial charge on any atom is 0.410 e. The van der Waals surface area contributed by atoms with E-state index in [1.165, 1.54) is 17.0 Å². The average Bonchev–Trinajstić information content (AvgIpc) is 2.39. The van der Waals surface area contributed by atoms with E-state index in [2.05, 4.69) is 0 Å². The number of carbonyl (C=O) groups excluding carboxylic acids is 1. The van der Waals surface area contributed by atoms with Crippen LogP contribution < -0.4 is 4.74 Å². The van der Waals surface area contributed by atoms with Crippen molar-refractivity contribution in [3.8, 4) is 5.75 Å². The van der Waals surface area contributed by atoms with Gasteiger partial charge in [-0.1, -0.05) is 0 Å². The van der Waals surface area contributed by atoms with Gasteiger partial charge in [-0.3, -0.25) is 10.1 Å². The van der Waals surface area contributed by atoms with E-state index in [4.69, 9.17) is 14.6 Å². The maximum absolute atomic E-state index is 11.8. The van der Waals surface area contributed by atoms with Crippen LogP contribution in [0.1, 0.15) is 31.1 Å². The first-order chi connectivity index (χ1) is 11.1. The molecule has 130 valence electrons. The van der Waals surface area contributed by atoms with Gasteiger partial charge in [-0.25, -0.2) is 9.59 Å². The molecule has 0 atom stereocenters. The Kier molecular flexibility index (Phi) is 4.63. The van der Waals surface area contributed by atoms with E-state index in [-0.39, 0.29) is 24.4 Å². The summed E-state index contributed by atoms with van der Waals surface area (Å²) < 4.78 is 10.7. The number of ether oxygens (including phenoxy) is 2. The van der Waals surface area contributed by atoms with Crippen LogP contribution in [0, 0.1) is 10.1 Å². The first kappa shape index (κ1) is 17.5. The second-order valence-corrected chi connectivity index (χ2v) is 6.37. The van der Waals surface area contributed by atoms with Gasteiger partial charge in [-0.05, 0) is 32.9 Å². The minimum absolute atomic E-state index is 0.0289. The molecule has 1 fully saturated rings. The van der Waals surface area contributed by atoms with Crippen LogP contribution in [0.15, 0.2) is 18.2 Å². The van der Waals surface area contributed by atoms with Crippen molar-refractivity contribution in [2.24, 2.45) is 0 Å². The van der Waals surface area contributed by atoms with Gasteiger partial charge in [0.15, 0.2) is 5.75 Å². The van der Waals surface area contributed by atoms with Crippen LogP contribution in [0.5, 0.6) is 5.75 Å². The lowest BCUT2D eigenvalue weighted by Crippen LogP contribution is -2.57. The van der Waals surface area contributed by atoms with E-state index in [0.717, 1.165) is 6.07 Å². The Hall–Kier alpha value is -2.84. The Bertz CT molecular complexity index is 675. The van der Waals surface area contributed by atoms with Gasteiger partial charge >= 0.3 is 17.7 Å². The molecule has 0 aromatic heterocycles. The number of carbonyl (C=O) groups is 2. The van der Waals surface area contributed by atoms with Gasteiger partial charge in [0.2, 0.25) is 0 Å². The summed E-state index contributed by atoms with van der Waals surface area (Å²) in [4.78, 5) is 34.5. The zero-order valence-electron chi connectivity index (χ0n) is 13.5. The Morgan fingerprint density at radius 2 is 1.96 bits per heavy atom. The number of amides is 1. The molecule has 0 unspecified atom stereocenters. The van der Waals surface area contributed by atoms with Crippen molar-refractivity contribution in [3.63, 3.8) is 0 Å². The number of nitro groups is 1. The maximum atomic E-state index is 11.8. The lowest BCUT2D eigenvalue weighted by molar-refractivity contribution is -0.386. The van der Waals surface area contributed by atoms with Crippen LogP contribution in [-0.4, -0.2) is 51.8 Å². The van der Waals surface area contributed by atoms with Crippen LogP contribution in [0.2, 0.25) is 0 Å². The molecule has 9 nitrogen and oxygen atoms in total. The molecule has 1 aliphatic heterocycles. The molecule has 1 aromatic rings. The van der Waals surface area contributed by atoms with Gasteiger partial charge < -0.3 is 19.5 Å². The molecule has 1 aromatic carbocycles. The number of hydrogen-bond donors (Lipinski definition) is 1. The van der Waals surface area contributed by atoms with Gasteiger partial charge in [0.25, 0.3) is 0 Å². The third-order valence-electron chi connectivity index (χ3n) is 3.20. The molecule has 1 N–H and O–H groups in total. The van der Waals surface area contributed by atoms with Crippen LogP contribution in [-0.2, 0) is 4.74 Å². The van der Waals surface area contributed by atoms with E-state index >= 15 is 0 Å². The van der Waals surface area contributed by atoms with Gasteiger partial charge in [0.1, 0.15) is 11.7 Å². The summed E-state index contributed by atoms with van der Waals surface area (Å²) in [6, 6.07) is 3.43. The number of aromatic carboxylic acids is 1. The van der Waals surface area contributed by atoms with E-state index in [0.29, 0.717) is 0 Å². The largest absolute Gasteiger partial charge is 0.480 e. The van der Waals surface area contributed by atoms with Crippen LogP contribution >= 0.6 is 0 Å². The summed E-state index contributed by atoms with van der Waals surface area (Å²) in [5.74, 6) is -1.29. The summed E-state index contributed by atoms with van der Waals surface area (Å²) in [5.41, 5.74) is -1.22. The summed E-state index contributed by atoms with van der Waals surface area (Å²) in [5, 5.41) is 20.0. The quantitative estimate of drug-likeness (QED) is 0.660. The number of benzene rings is 1. The zero-order valence-corrected chi connectivity index (χ0v) is 13.5. The average molecular weight is 338 g/mol. The molecule has 0 aliphatic carbocycles. The Morgan fingerprint density at radius 1 is 1.33 bits per heavy atom. The monoisotopic (exact) mass is 338 g/mol. The van der Waals surface area contributed by atoms with Gasteiger partial charge in [0.05, 0.1) is 23.6 Å². The zero-order chi connectivity index (χ0) is 18.1.